The summed E-state index contributed by atoms with van der Waals surface area (Å²) in [6, 6.07) is 1.43. The number of rotatable bonds is 2. The average molecular weight is 206 g/mol. The van der Waals surface area contributed by atoms with Crippen molar-refractivity contribution < 1.29 is 9.90 Å². The van der Waals surface area contributed by atoms with Crippen LogP contribution in [-0.4, -0.2) is 21.0 Å². The molecule has 0 bridgehead atoms. The van der Waals surface area contributed by atoms with Crippen LogP contribution in [0.5, 0.6) is 0 Å². The molecule has 0 unspecified atom stereocenters. The van der Waals surface area contributed by atoms with Crippen LogP contribution in [0.3, 0.4) is 0 Å². The fourth-order valence-electron chi connectivity index (χ4n) is 2.15. The van der Waals surface area contributed by atoms with Crippen LogP contribution in [0.2, 0.25) is 0 Å². The predicted octanol–water partition coefficient (Wildman–Crippen LogP) is 2.01. The number of aromatic carboxylic acids is 1. The lowest BCUT2D eigenvalue weighted by molar-refractivity contribution is 0.0689. The molecule has 1 aromatic heterocycles. The molecule has 1 fully saturated rings. The van der Waals surface area contributed by atoms with Gasteiger partial charge in [0.25, 0.3) is 0 Å². The molecule has 0 aliphatic heterocycles. The number of nitrogens with zero attached hydrogens (tertiary/aromatic N) is 2. The molecular weight excluding hydrogens is 192 g/mol. The van der Waals surface area contributed by atoms with E-state index in [1.807, 2.05) is 0 Å². The second-order valence-corrected chi connectivity index (χ2v) is 4.34. The average Bonchev–Trinajstić information content (AvgIpc) is 2.67. The fourth-order valence-corrected chi connectivity index (χ4v) is 2.15. The van der Waals surface area contributed by atoms with Gasteiger partial charge >= 0.3 is 5.97 Å². The molecule has 0 radical (unpaired) electrons. The summed E-state index contributed by atoms with van der Waals surface area (Å²) in [4.78, 5) is 19.1. The highest BCUT2D eigenvalue weighted by Gasteiger charge is 2.33. The number of carbonyl (C=O) groups is 1. The van der Waals surface area contributed by atoms with Crippen molar-refractivity contribution in [3.8, 4) is 0 Å². The second kappa shape index (κ2) is 3.61. The van der Waals surface area contributed by atoms with E-state index in [-0.39, 0.29) is 11.1 Å². The van der Waals surface area contributed by atoms with E-state index in [0.29, 0.717) is 5.82 Å². The Kier molecular flexibility index (Phi) is 2.42. The Hall–Kier alpha value is -1.45. The summed E-state index contributed by atoms with van der Waals surface area (Å²) in [5, 5.41) is 8.85. The Balaban J connectivity index is 2.36. The number of aromatic nitrogens is 2. The molecule has 0 spiro atoms. The maximum atomic E-state index is 10.8. The van der Waals surface area contributed by atoms with Gasteiger partial charge in [0.2, 0.25) is 0 Å². The van der Waals surface area contributed by atoms with Crippen LogP contribution >= 0.6 is 0 Å². The number of carboxylic acids is 1. The molecule has 1 aliphatic rings. The zero-order valence-corrected chi connectivity index (χ0v) is 8.73. The standard InChI is InChI=1S/C11H14N2O2/c1-11(5-2-3-6-11)10-12-7-4-8(13-10)9(14)15/h4,7H,2-3,5-6H2,1H3,(H,14,15). The van der Waals surface area contributed by atoms with Gasteiger partial charge in [0, 0.05) is 11.6 Å². The van der Waals surface area contributed by atoms with Gasteiger partial charge in [-0.1, -0.05) is 19.8 Å². The van der Waals surface area contributed by atoms with Gasteiger partial charge < -0.3 is 5.11 Å². The Morgan fingerprint density at radius 3 is 2.73 bits per heavy atom. The number of hydrogen-bond acceptors (Lipinski definition) is 3. The molecule has 0 atom stereocenters. The Labute approximate surface area is 88.4 Å². The van der Waals surface area contributed by atoms with E-state index >= 15 is 0 Å². The SMILES string of the molecule is CC1(c2nccc(C(=O)O)n2)CCCC1. The molecule has 1 aliphatic carbocycles. The largest absolute Gasteiger partial charge is 0.477 e. The summed E-state index contributed by atoms with van der Waals surface area (Å²) in [6.07, 6.45) is 6.00. The van der Waals surface area contributed by atoms with Crippen LogP contribution in [0.4, 0.5) is 0 Å². The van der Waals surface area contributed by atoms with Crippen molar-refractivity contribution in [2.75, 3.05) is 0 Å². The van der Waals surface area contributed by atoms with Crippen molar-refractivity contribution in [3.05, 3.63) is 23.8 Å². The van der Waals surface area contributed by atoms with E-state index in [1.165, 1.54) is 25.1 Å². The molecule has 1 heterocycles. The normalized spacial score (nSPS) is 19.0. The van der Waals surface area contributed by atoms with Crippen molar-refractivity contribution in [1.82, 2.24) is 9.97 Å². The molecule has 4 nitrogen and oxygen atoms in total. The summed E-state index contributed by atoms with van der Waals surface area (Å²) in [7, 11) is 0. The minimum atomic E-state index is -0.986. The van der Waals surface area contributed by atoms with Crippen LogP contribution in [-0.2, 0) is 5.41 Å². The minimum absolute atomic E-state index is 0.0224. The maximum Gasteiger partial charge on any atom is 0.354 e. The minimum Gasteiger partial charge on any atom is -0.477 e. The summed E-state index contributed by atoms with van der Waals surface area (Å²) >= 11 is 0. The van der Waals surface area contributed by atoms with Gasteiger partial charge in [-0.15, -0.1) is 0 Å². The van der Waals surface area contributed by atoms with Gasteiger partial charge in [0.05, 0.1) is 0 Å². The predicted molar refractivity (Wildman–Crippen MR) is 54.8 cm³/mol. The van der Waals surface area contributed by atoms with Crippen LogP contribution in [0, 0.1) is 0 Å². The molecule has 1 aromatic rings. The van der Waals surface area contributed by atoms with E-state index in [4.69, 9.17) is 5.11 Å². The second-order valence-electron chi connectivity index (χ2n) is 4.34. The molecule has 4 heteroatoms. The zero-order chi connectivity index (χ0) is 10.9. The lowest BCUT2D eigenvalue weighted by atomic mass is 9.88. The third-order valence-electron chi connectivity index (χ3n) is 3.12. The smallest absolute Gasteiger partial charge is 0.354 e. The van der Waals surface area contributed by atoms with Crippen LogP contribution in [0.15, 0.2) is 12.3 Å². The number of hydrogen-bond donors (Lipinski definition) is 1. The quantitative estimate of drug-likeness (QED) is 0.803. The van der Waals surface area contributed by atoms with E-state index in [9.17, 15) is 4.79 Å². The zero-order valence-electron chi connectivity index (χ0n) is 8.73. The molecule has 15 heavy (non-hydrogen) atoms. The van der Waals surface area contributed by atoms with E-state index < -0.39 is 5.97 Å². The Bertz CT molecular complexity index is 384. The van der Waals surface area contributed by atoms with E-state index in [0.717, 1.165) is 12.8 Å². The summed E-state index contributed by atoms with van der Waals surface area (Å²) in [6.45, 7) is 2.11. The van der Waals surface area contributed by atoms with Gasteiger partial charge in [-0.3, -0.25) is 0 Å². The van der Waals surface area contributed by atoms with E-state index in [2.05, 4.69) is 16.9 Å². The number of carboxylic acid groups (broad SMARTS) is 1. The monoisotopic (exact) mass is 206 g/mol. The van der Waals surface area contributed by atoms with Gasteiger partial charge in [0.1, 0.15) is 5.82 Å². The highest BCUT2D eigenvalue weighted by atomic mass is 16.4. The molecule has 0 amide bonds. The topological polar surface area (TPSA) is 63.1 Å². The first-order chi connectivity index (χ1) is 7.12. The Morgan fingerprint density at radius 1 is 1.47 bits per heavy atom. The lowest BCUT2D eigenvalue weighted by Gasteiger charge is -2.21. The van der Waals surface area contributed by atoms with Gasteiger partial charge in [-0.25, -0.2) is 14.8 Å². The van der Waals surface area contributed by atoms with Crippen molar-refractivity contribution in [2.24, 2.45) is 0 Å². The van der Waals surface area contributed by atoms with Crippen LogP contribution < -0.4 is 0 Å². The highest BCUT2D eigenvalue weighted by molar-refractivity contribution is 5.85. The van der Waals surface area contributed by atoms with Gasteiger partial charge in [-0.05, 0) is 18.9 Å². The summed E-state index contributed by atoms with van der Waals surface area (Å²) < 4.78 is 0. The molecule has 80 valence electrons. The van der Waals surface area contributed by atoms with Gasteiger partial charge in [-0.2, -0.15) is 0 Å². The van der Waals surface area contributed by atoms with E-state index in [1.54, 1.807) is 0 Å². The van der Waals surface area contributed by atoms with Crippen molar-refractivity contribution >= 4 is 5.97 Å². The first kappa shape index (κ1) is 10.1. The molecule has 1 saturated carbocycles. The highest BCUT2D eigenvalue weighted by Crippen LogP contribution is 2.38. The lowest BCUT2D eigenvalue weighted by Crippen LogP contribution is -2.21. The summed E-state index contributed by atoms with van der Waals surface area (Å²) in [5.74, 6) is -0.305. The third-order valence-corrected chi connectivity index (χ3v) is 3.12. The first-order valence-corrected chi connectivity index (χ1v) is 5.19. The van der Waals surface area contributed by atoms with Crippen LogP contribution in [0.25, 0.3) is 0 Å². The molecular formula is C11H14N2O2. The first-order valence-electron chi connectivity index (χ1n) is 5.19. The van der Waals surface area contributed by atoms with Crippen molar-refractivity contribution in [3.63, 3.8) is 0 Å². The third kappa shape index (κ3) is 1.84. The van der Waals surface area contributed by atoms with Gasteiger partial charge in [0.15, 0.2) is 5.69 Å². The molecule has 2 rings (SSSR count). The fraction of sp³-hybridized carbons (Fsp3) is 0.545. The van der Waals surface area contributed by atoms with Crippen LogP contribution in [0.1, 0.15) is 48.9 Å². The van der Waals surface area contributed by atoms with Crippen molar-refractivity contribution in [1.29, 1.82) is 0 Å². The van der Waals surface area contributed by atoms with Crippen molar-refractivity contribution in [2.45, 2.75) is 38.0 Å². The summed E-state index contributed by atoms with van der Waals surface area (Å²) in [5.41, 5.74) is 0.0685. The maximum absolute atomic E-state index is 10.8. The molecule has 0 aromatic carbocycles. The Morgan fingerprint density at radius 2 is 2.13 bits per heavy atom. The molecule has 0 saturated heterocycles. The molecule has 1 N–H and O–H groups in total.